The van der Waals surface area contributed by atoms with Gasteiger partial charge in [0.2, 0.25) is 0 Å². The summed E-state index contributed by atoms with van der Waals surface area (Å²) in [6.07, 6.45) is 3.24. The Morgan fingerprint density at radius 2 is 2.00 bits per heavy atom. The highest BCUT2D eigenvalue weighted by atomic mass is 16.4. The van der Waals surface area contributed by atoms with Crippen LogP contribution >= 0.6 is 0 Å². The first kappa shape index (κ1) is 13.0. The van der Waals surface area contributed by atoms with E-state index in [1.807, 2.05) is 37.3 Å². The van der Waals surface area contributed by atoms with Crippen LogP contribution in [0.4, 0.5) is 0 Å². The van der Waals surface area contributed by atoms with Crippen molar-refractivity contribution in [3.8, 4) is 5.75 Å². The topological polar surface area (TPSA) is 50.4 Å². The molecule has 0 aliphatic heterocycles. The Hall–Kier alpha value is -2.03. The van der Waals surface area contributed by atoms with E-state index in [1.165, 1.54) is 0 Å². The highest BCUT2D eigenvalue weighted by Crippen LogP contribution is 2.37. The summed E-state index contributed by atoms with van der Waals surface area (Å²) in [6.45, 7) is 2.02. The van der Waals surface area contributed by atoms with Gasteiger partial charge in [-0.15, -0.1) is 0 Å². The lowest BCUT2D eigenvalue weighted by molar-refractivity contribution is 0.409. The highest BCUT2D eigenvalue weighted by molar-refractivity contribution is 5.46. The third kappa shape index (κ3) is 2.03. The van der Waals surface area contributed by atoms with Crippen LogP contribution in [0.25, 0.3) is 0 Å². The number of aryl methyl sites for hydroxylation is 1. The first-order valence-corrected chi connectivity index (χ1v) is 7.15. The van der Waals surface area contributed by atoms with Crippen LogP contribution in [0.5, 0.6) is 5.75 Å². The van der Waals surface area contributed by atoms with Gasteiger partial charge in [0.1, 0.15) is 11.5 Å². The van der Waals surface area contributed by atoms with Gasteiger partial charge in [-0.1, -0.05) is 37.3 Å². The van der Waals surface area contributed by atoms with Crippen LogP contribution in [0.15, 0.2) is 39.5 Å². The van der Waals surface area contributed by atoms with E-state index in [1.54, 1.807) is 0 Å². The van der Waals surface area contributed by atoms with Crippen molar-refractivity contribution in [2.45, 2.75) is 38.5 Å². The predicted octanol–water partition coefficient (Wildman–Crippen LogP) is 3.38. The van der Waals surface area contributed by atoms with Crippen molar-refractivity contribution < 1.29 is 9.52 Å². The Bertz CT molecular complexity index is 671. The Labute approximate surface area is 117 Å². The van der Waals surface area contributed by atoms with Crippen molar-refractivity contribution in [1.82, 2.24) is 0 Å². The predicted molar refractivity (Wildman–Crippen MR) is 77.2 cm³/mol. The summed E-state index contributed by atoms with van der Waals surface area (Å²) in [7, 11) is 0. The number of hydrogen-bond acceptors (Lipinski definition) is 3. The standard InChI is InChI=1S/C17H18O3/c1-2-12(11-7-4-3-5-8-11)15-16(18)13-9-6-10-14(13)20-17(15)19/h3-5,7-8,12,18H,2,6,9-10H2,1H3/t12-/m0/s1. The molecule has 3 rings (SSSR count). The molecule has 1 atom stereocenters. The van der Waals surface area contributed by atoms with E-state index in [0.717, 1.165) is 36.8 Å². The molecule has 20 heavy (non-hydrogen) atoms. The molecule has 1 aliphatic rings. The number of benzene rings is 1. The quantitative estimate of drug-likeness (QED) is 0.930. The van der Waals surface area contributed by atoms with Gasteiger partial charge in [0.25, 0.3) is 0 Å². The normalized spacial score (nSPS) is 15.1. The second-order valence-electron chi connectivity index (χ2n) is 5.28. The summed E-state index contributed by atoms with van der Waals surface area (Å²) in [5.41, 5.74) is 1.89. The van der Waals surface area contributed by atoms with Crippen LogP contribution in [0.3, 0.4) is 0 Å². The molecule has 1 aromatic carbocycles. The van der Waals surface area contributed by atoms with Crippen LogP contribution < -0.4 is 5.63 Å². The Balaban J connectivity index is 2.16. The van der Waals surface area contributed by atoms with Gasteiger partial charge in [-0.05, 0) is 24.8 Å². The third-order valence-electron chi connectivity index (χ3n) is 4.10. The molecule has 0 fully saturated rings. The molecule has 1 N–H and O–H groups in total. The minimum atomic E-state index is -0.390. The van der Waals surface area contributed by atoms with Gasteiger partial charge in [0, 0.05) is 17.9 Å². The van der Waals surface area contributed by atoms with Gasteiger partial charge in [0.05, 0.1) is 5.56 Å². The largest absolute Gasteiger partial charge is 0.507 e. The van der Waals surface area contributed by atoms with Crippen molar-refractivity contribution in [2.24, 2.45) is 0 Å². The molecule has 0 unspecified atom stereocenters. The van der Waals surface area contributed by atoms with E-state index in [9.17, 15) is 9.90 Å². The van der Waals surface area contributed by atoms with Gasteiger partial charge in [-0.2, -0.15) is 0 Å². The minimum Gasteiger partial charge on any atom is -0.507 e. The van der Waals surface area contributed by atoms with Crippen molar-refractivity contribution in [3.63, 3.8) is 0 Å². The maximum absolute atomic E-state index is 12.2. The first-order valence-electron chi connectivity index (χ1n) is 7.15. The number of rotatable bonds is 3. The maximum atomic E-state index is 12.2. The molecule has 3 nitrogen and oxygen atoms in total. The minimum absolute atomic E-state index is 0.113. The van der Waals surface area contributed by atoms with Crippen LogP contribution in [0.1, 0.15) is 48.1 Å². The number of aromatic hydroxyl groups is 1. The fourth-order valence-electron chi connectivity index (χ4n) is 3.10. The van der Waals surface area contributed by atoms with Crippen molar-refractivity contribution >= 4 is 0 Å². The molecular weight excluding hydrogens is 252 g/mol. The number of fused-ring (bicyclic) bond motifs is 1. The van der Waals surface area contributed by atoms with Crippen LogP contribution in [-0.2, 0) is 12.8 Å². The van der Waals surface area contributed by atoms with Crippen LogP contribution in [0, 0.1) is 0 Å². The zero-order valence-electron chi connectivity index (χ0n) is 11.6. The molecule has 0 saturated carbocycles. The summed E-state index contributed by atoms with van der Waals surface area (Å²) >= 11 is 0. The summed E-state index contributed by atoms with van der Waals surface area (Å²) in [5.74, 6) is 0.710. The zero-order valence-corrected chi connectivity index (χ0v) is 11.6. The van der Waals surface area contributed by atoms with E-state index in [-0.39, 0.29) is 17.3 Å². The second-order valence-corrected chi connectivity index (χ2v) is 5.28. The molecule has 0 amide bonds. The van der Waals surface area contributed by atoms with Gasteiger partial charge in [-0.3, -0.25) is 0 Å². The average Bonchev–Trinajstić information content (AvgIpc) is 2.92. The average molecular weight is 270 g/mol. The fraction of sp³-hybridized carbons (Fsp3) is 0.353. The molecule has 0 saturated heterocycles. The molecule has 104 valence electrons. The molecule has 0 bridgehead atoms. The molecule has 2 aromatic rings. The first-order chi connectivity index (χ1) is 9.72. The molecular formula is C17H18O3. The van der Waals surface area contributed by atoms with E-state index in [2.05, 4.69) is 0 Å². The Morgan fingerprint density at radius 1 is 1.25 bits per heavy atom. The second kappa shape index (κ2) is 5.16. The Kier molecular flexibility index (Phi) is 3.35. The maximum Gasteiger partial charge on any atom is 0.343 e. The lowest BCUT2D eigenvalue weighted by Gasteiger charge is -2.17. The third-order valence-corrected chi connectivity index (χ3v) is 4.10. The zero-order chi connectivity index (χ0) is 14.1. The lowest BCUT2D eigenvalue weighted by Crippen LogP contribution is -2.15. The molecule has 1 heterocycles. The van der Waals surface area contributed by atoms with Crippen LogP contribution in [0.2, 0.25) is 0 Å². The summed E-state index contributed by atoms with van der Waals surface area (Å²) in [6, 6.07) is 9.82. The van der Waals surface area contributed by atoms with Gasteiger partial charge >= 0.3 is 5.63 Å². The van der Waals surface area contributed by atoms with Crippen molar-refractivity contribution in [1.29, 1.82) is 0 Å². The van der Waals surface area contributed by atoms with Gasteiger partial charge in [-0.25, -0.2) is 4.79 Å². The molecule has 1 aromatic heterocycles. The molecule has 0 radical (unpaired) electrons. The smallest absolute Gasteiger partial charge is 0.343 e. The summed E-state index contributed by atoms with van der Waals surface area (Å²) in [5, 5.41) is 10.5. The van der Waals surface area contributed by atoms with Gasteiger partial charge < -0.3 is 9.52 Å². The fourth-order valence-corrected chi connectivity index (χ4v) is 3.10. The summed E-state index contributed by atoms with van der Waals surface area (Å²) in [4.78, 5) is 12.2. The van der Waals surface area contributed by atoms with E-state index < -0.39 is 0 Å². The SMILES string of the molecule is CC[C@@H](c1ccccc1)c1c(O)c2c(oc1=O)CCC2. The summed E-state index contributed by atoms with van der Waals surface area (Å²) < 4.78 is 5.42. The molecule has 1 aliphatic carbocycles. The molecule has 3 heteroatoms. The lowest BCUT2D eigenvalue weighted by atomic mass is 9.88. The van der Waals surface area contributed by atoms with E-state index in [4.69, 9.17) is 4.42 Å². The number of hydrogen-bond donors (Lipinski definition) is 1. The van der Waals surface area contributed by atoms with E-state index in [0.29, 0.717) is 11.3 Å². The highest BCUT2D eigenvalue weighted by Gasteiger charge is 2.27. The van der Waals surface area contributed by atoms with E-state index >= 15 is 0 Å². The molecule has 0 spiro atoms. The van der Waals surface area contributed by atoms with Crippen molar-refractivity contribution in [3.05, 3.63) is 63.2 Å². The van der Waals surface area contributed by atoms with Crippen LogP contribution in [-0.4, -0.2) is 5.11 Å². The van der Waals surface area contributed by atoms with Gasteiger partial charge in [0.15, 0.2) is 0 Å². The van der Waals surface area contributed by atoms with Crippen molar-refractivity contribution in [2.75, 3.05) is 0 Å². The Morgan fingerprint density at radius 3 is 2.70 bits per heavy atom. The monoisotopic (exact) mass is 270 g/mol.